The molecule has 2 aromatic rings. The van der Waals surface area contributed by atoms with Crippen molar-refractivity contribution in [3.8, 4) is 0 Å². The Hall–Kier alpha value is -1.81. The van der Waals surface area contributed by atoms with E-state index in [2.05, 4.69) is 5.32 Å². The average Bonchev–Trinajstić information content (AvgIpc) is 2.74. The first-order chi connectivity index (χ1) is 10.6. The number of carbonyl (C=O) groups is 1. The molecule has 0 spiro atoms. The number of amides is 1. The number of aryl methyl sites for hydroxylation is 2. The van der Waals surface area contributed by atoms with Crippen LogP contribution in [0.2, 0.25) is 0 Å². The molecule has 0 bridgehead atoms. The molecule has 3 N–H and O–H groups in total. The summed E-state index contributed by atoms with van der Waals surface area (Å²) in [4.78, 5) is 14.0. The summed E-state index contributed by atoms with van der Waals surface area (Å²) in [5.74, 6) is -0.0684. The molecule has 1 aromatic heterocycles. The number of hydrogen-bond donors (Lipinski definition) is 2. The second kappa shape index (κ2) is 6.53. The molecule has 1 aliphatic rings. The lowest BCUT2D eigenvalue weighted by Crippen LogP contribution is -2.15. The number of thiophene rings is 1. The van der Waals surface area contributed by atoms with E-state index in [1.807, 2.05) is 31.2 Å². The van der Waals surface area contributed by atoms with Gasteiger partial charge in [0, 0.05) is 10.6 Å². The van der Waals surface area contributed by atoms with E-state index in [9.17, 15) is 4.79 Å². The van der Waals surface area contributed by atoms with Crippen LogP contribution in [-0.4, -0.2) is 5.91 Å². The number of fused-ring (bicyclic) bond motifs is 1. The summed E-state index contributed by atoms with van der Waals surface area (Å²) in [5, 5.41) is 3.66. The van der Waals surface area contributed by atoms with Crippen molar-refractivity contribution in [3.63, 3.8) is 0 Å². The first-order valence-electron chi connectivity index (χ1n) is 7.93. The molecule has 0 atom stereocenters. The highest BCUT2D eigenvalue weighted by Gasteiger charge is 2.22. The molecule has 22 heavy (non-hydrogen) atoms. The van der Waals surface area contributed by atoms with Crippen molar-refractivity contribution >= 4 is 27.9 Å². The fourth-order valence-corrected chi connectivity index (χ4v) is 4.26. The molecule has 0 radical (unpaired) electrons. The minimum Gasteiger partial charge on any atom is -0.390 e. The fourth-order valence-electron chi connectivity index (χ4n) is 3.11. The molecule has 1 aromatic carbocycles. The zero-order valence-electron chi connectivity index (χ0n) is 12.9. The summed E-state index contributed by atoms with van der Waals surface area (Å²) in [6.07, 6.45) is 6.90. The summed E-state index contributed by atoms with van der Waals surface area (Å²) >= 11 is 1.60. The Bertz CT molecular complexity index is 690. The number of hydrogen-bond acceptors (Lipinski definition) is 3. The summed E-state index contributed by atoms with van der Waals surface area (Å²) in [7, 11) is 0. The van der Waals surface area contributed by atoms with Crippen LogP contribution >= 0.6 is 11.3 Å². The van der Waals surface area contributed by atoms with Gasteiger partial charge in [-0.1, -0.05) is 25.0 Å². The Labute approximate surface area is 135 Å². The lowest BCUT2D eigenvalue weighted by molar-refractivity contribution is 0.102. The minimum atomic E-state index is -0.0684. The number of carbonyl (C=O) groups excluding carboxylic acids is 1. The van der Waals surface area contributed by atoms with Crippen molar-refractivity contribution in [1.82, 2.24) is 0 Å². The topological polar surface area (TPSA) is 55.1 Å². The Balaban J connectivity index is 1.88. The number of nitrogen functional groups attached to an aromatic ring is 1. The molecular formula is C18H22N2OS. The van der Waals surface area contributed by atoms with E-state index in [1.165, 1.54) is 29.7 Å². The summed E-state index contributed by atoms with van der Waals surface area (Å²) in [6, 6.07) is 7.86. The number of rotatable bonds is 2. The van der Waals surface area contributed by atoms with Crippen molar-refractivity contribution in [2.24, 2.45) is 0 Å². The summed E-state index contributed by atoms with van der Waals surface area (Å²) in [5.41, 5.74) is 10.0. The van der Waals surface area contributed by atoms with Gasteiger partial charge < -0.3 is 11.1 Å². The maximum Gasteiger partial charge on any atom is 0.258 e. The van der Waals surface area contributed by atoms with Gasteiger partial charge in [0.2, 0.25) is 0 Å². The molecule has 0 fully saturated rings. The number of nitrogens with one attached hydrogen (secondary N) is 1. The molecule has 1 aliphatic carbocycles. The monoisotopic (exact) mass is 314 g/mol. The Kier molecular flexibility index (Phi) is 4.48. The van der Waals surface area contributed by atoms with Crippen LogP contribution in [0.25, 0.3) is 0 Å². The average molecular weight is 314 g/mol. The molecular weight excluding hydrogens is 292 g/mol. The third kappa shape index (κ3) is 3.17. The normalized spacial score (nSPS) is 14.8. The van der Waals surface area contributed by atoms with Crippen LogP contribution < -0.4 is 11.1 Å². The lowest BCUT2D eigenvalue weighted by atomic mass is 9.96. The predicted molar refractivity (Wildman–Crippen MR) is 93.7 cm³/mol. The molecule has 3 nitrogen and oxygen atoms in total. The SMILES string of the molecule is Cc1cccc(NC(=O)c2c(N)sc3c2CCCCCC3)c1. The van der Waals surface area contributed by atoms with E-state index in [4.69, 9.17) is 5.73 Å². The molecule has 0 saturated carbocycles. The largest absolute Gasteiger partial charge is 0.390 e. The molecule has 1 amide bonds. The molecule has 116 valence electrons. The third-order valence-electron chi connectivity index (χ3n) is 4.20. The summed E-state index contributed by atoms with van der Waals surface area (Å²) in [6.45, 7) is 2.02. The second-order valence-electron chi connectivity index (χ2n) is 5.98. The maximum absolute atomic E-state index is 12.7. The van der Waals surface area contributed by atoms with Gasteiger partial charge in [0.1, 0.15) is 0 Å². The van der Waals surface area contributed by atoms with Crippen molar-refractivity contribution in [3.05, 3.63) is 45.8 Å². The number of anilines is 2. The van der Waals surface area contributed by atoms with Gasteiger partial charge in [0.15, 0.2) is 0 Å². The van der Waals surface area contributed by atoms with Gasteiger partial charge in [-0.05, 0) is 55.9 Å². The van der Waals surface area contributed by atoms with Crippen LogP contribution in [0.1, 0.15) is 52.0 Å². The van der Waals surface area contributed by atoms with Crippen LogP contribution in [0.3, 0.4) is 0 Å². The number of benzene rings is 1. The van der Waals surface area contributed by atoms with Crippen LogP contribution in [-0.2, 0) is 12.8 Å². The quantitative estimate of drug-likeness (QED) is 0.854. The zero-order valence-corrected chi connectivity index (χ0v) is 13.8. The Morgan fingerprint density at radius 2 is 1.95 bits per heavy atom. The summed E-state index contributed by atoms with van der Waals surface area (Å²) < 4.78 is 0. The van der Waals surface area contributed by atoms with E-state index in [0.717, 1.165) is 30.5 Å². The predicted octanol–water partition coefficient (Wildman–Crippen LogP) is 4.55. The van der Waals surface area contributed by atoms with E-state index in [1.54, 1.807) is 11.3 Å². The van der Waals surface area contributed by atoms with Gasteiger partial charge in [-0.25, -0.2) is 0 Å². The van der Waals surface area contributed by atoms with Crippen LogP contribution in [0, 0.1) is 6.92 Å². The number of nitrogens with two attached hydrogens (primary N) is 1. The van der Waals surface area contributed by atoms with E-state index >= 15 is 0 Å². The zero-order chi connectivity index (χ0) is 15.5. The van der Waals surface area contributed by atoms with Gasteiger partial charge >= 0.3 is 0 Å². The van der Waals surface area contributed by atoms with Gasteiger partial charge in [0.05, 0.1) is 10.6 Å². The van der Waals surface area contributed by atoms with E-state index in [0.29, 0.717) is 10.6 Å². The van der Waals surface area contributed by atoms with Crippen LogP contribution in [0.4, 0.5) is 10.7 Å². The highest BCUT2D eigenvalue weighted by atomic mass is 32.1. The highest BCUT2D eigenvalue weighted by molar-refractivity contribution is 7.16. The van der Waals surface area contributed by atoms with Gasteiger partial charge in [-0.2, -0.15) is 0 Å². The van der Waals surface area contributed by atoms with Crippen molar-refractivity contribution in [2.45, 2.75) is 45.4 Å². The smallest absolute Gasteiger partial charge is 0.258 e. The van der Waals surface area contributed by atoms with Gasteiger partial charge in [-0.15, -0.1) is 11.3 Å². The minimum absolute atomic E-state index is 0.0684. The lowest BCUT2D eigenvalue weighted by Gasteiger charge is -2.12. The van der Waals surface area contributed by atoms with Gasteiger partial charge in [-0.3, -0.25) is 4.79 Å². The third-order valence-corrected chi connectivity index (χ3v) is 5.32. The van der Waals surface area contributed by atoms with Crippen LogP contribution in [0.15, 0.2) is 24.3 Å². The molecule has 3 rings (SSSR count). The maximum atomic E-state index is 12.7. The molecule has 0 aliphatic heterocycles. The van der Waals surface area contributed by atoms with Crippen molar-refractivity contribution < 1.29 is 4.79 Å². The highest BCUT2D eigenvalue weighted by Crippen LogP contribution is 2.35. The van der Waals surface area contributed by atoms with Crippen molar-refractivity contribution in [1.29, 1.82) is 0 Å². The first-order valence-corrected chi connectivity index (χ1v) is 8.75. The molecule has 0 saturated heterocycles. The molecule has 0 unspecified atom stereocenters. The Morgan fingerprint density at radius 1 is 1.18 bits per heavy atom. The Morgan fingerprint density at radius 3 is 2.73 bits per heavy atom. The first kappa shape index (κ1) is 15.1. The fraction of sp³-hybridized carbons (Fsp3) is 0.389. The van der Waals surface area contributed by atoms with E-state index in [-0.39, 0.29) is 5.91 Å². The molecule has 1 heterocycles. The standard InChI is InChI=1S/C18H22N2OS/c1-12-7-6-8-13(11-12)20-18(21)16-14-9-4-2-3-5-10-15(14)22-17(16)19/h6-8,11H,2-5,9-10,19H2,1H3,(H,20,21). The second-order valence-corrected chi connectivity index (χ2v) is 7.12. The molecule has 4 heteroatoms. The van der Waals surface area contributed by atoms with Gasteiger partial charge in [0.25, 0.3) is 5.91 Å². The van der Waals surface area contributed by atoms with E-state index < -0.39 is 0 Å². The van der Waals surface area contributed by atoms with Crippen LogP contribution in [0.5, 0.6) is 0 Å². The van der Waals surface area contributed by atoms with Crippen molar-refractivity contribution in [2.75, 3.05) is 11.1 Å².